The van der Waals surface area contributed by atoms with Crippen LogP contribution in [0.25, 0.3) is 0 Å². The van der Waals surface area contributed by atoms with Gasteiger partial charge < -0.3 is 24.6 Å². The van der Waals surface area contributed by atoms with E-state index in [0.29, 0.717) is 56.4 Å². The van der Waals surface area contributed by atoms with E-state index in [9.17, 15) is 14.4 Å². The van der Waals surface area contributed by atoms with E-state index >= 15 is 0 Å². The molecule has 31 heavy (non-hydrogen) atoms. The minimum absolute atomic E-state index is 0.0319. The molecule has 1 saturated heterocycles. The lowest BCUT2D eigenvalue weighted by Crippen LogP contribution is -2.52. The molecule has 8 nitrogen and oxygen atoms in total. The fraction of sp³-hybridized carbons (Fsp3) is 0.571. The third kappa shape index (κ3) is 8.95. The maximum Gasteiger partial charge on any atom is 0.408 e. The lowest BCUT2D eigenvalue weighted by molar-refractivity contribution is -0.139. The Bertz CT molecular complexity index is 792. The second kappa shape index (κ2) is 11.6. The average Bonchev–Trinajstić information content (AvgIpc) is 2.69. The average molecular weight is 519 g/mol. The first-order chi connectivity index (χ1) is 14.5. The van der Waals surface area contributed by atoms with Gasteiger partial charge in [0.2, 0.25) is 11.8 Å². The fourth-order valence-corrected chi connectivity index (χ4v) is 3.66. The molecule has 0 atom stereocenters. The molecule has 0 bridgehead atoms. The van der Waals surface area contributed by atoms with Crippen LogP contribution in [-0.4, -0.2) is 72.6 Å². The van der Waals surface area contributed by atoms with Crippen LogP contribution in [0.3, 0.4) is 0 Å². The maximum atomic E-state index is 12.4. The van der Waals surface area contributed by atoms with Crippen LogP contribution < -0.4 is 10.1 Å². The van der Waals surface area contributed by atoms with Gasteiger partial charge in [0.05, 0.1) is 11.6 Å². The zero-order chi connectivity index (χ0) is 23.0. The molecular weight excluding hydrogens is 490 g/mol. The van der Waals surface area contributed by atoms with Crippen LogP contribution in [0, 0.1) is 0 Å². The van der Waals surface area contributed by atoms with Crippen molar-refractivity contribution >= 4 is 45.4 Å². The predicted molar refractivity (Wildman–Crippen MR) is 121 cm³/mol. The lowest BCUT2D eigenvalue weighted by Gasteiger charge is -2.35. The number of rotatable bonds is 7. The van der Waals surface area contributed by atoms with Crippen LogP contribution in [0.15, 0.2) is 22.7 Å². The summed E-state index contributed by atoms with van der Waals surface area (Å²) in [6, 6.07) is 5.38. The number of nitrogens with zero attached hydrogens (tertiary/aromatic N) is 2. The molecule has 1 aliphatic heterocycles. The van der Waals surface area contributed by atoms with Crippen LogP contribution in [0.2, 0.25) is 5.02 Å². The molecule has 1 heterocycles. The monoisotopic (exact) mass is 517 g/mol. The van der Waals surface area contributed by atoms with Crippen molar-refractivity contribution in [2.45, 2.75) is 39.2 Å². The van der Waals surface area contributed by atoms with Crippen molar-refractivity contribution < 1.29 is 23.9 Å². The van der Waals surface area contributed by atoms with Crippen LogP contribution >= 0.6 is 27.5 Å². The Balaban J connectivity index is 1.64. The Morgan fingerprint density at radius 1 is 1.10 bits per heavy atom. The lowest BCUT2D eigenvalue weighted by atomic mass is 10.2. The molecule has 172 valence electrons. The highest BCUT2D eigenvalue weighted by Crippen LogP contribution is 2.27. The van der Waals surface area contributed by atoms with Gasteiger partial charge in [-0.05, 0) is 45.4 Å². The number of hydrogen-bond acceptors (Lipinski definition) is 5. The summed E-state index contributed by atoms with van der Waals surface area (Å²) in [6.07, 6.45) is 0.313. The first kappa shape index (κ1) is 25.3. The molecule has 3 amide bonds. The highest BCUT2D eigenvalue weighted by molar-refractivity contribution is 9.10. The highest BCUT2D eigenvalue weighted by atomic mass is 79.9. The van der Waals surface area contributed by atoms with Crippen molar-refractivity contribution in [1.29, 1.82) is 0 Å². The van der Waals surface area contributed by atoms with Crippen molar-refractivity contribution in [3.8, 4) is 5.75 Å². The second-order valence-electron chi connectivity index (χ2n) is 8.14. The SMILES string of the molecule is CC(C)(C)OC(=O)NCC(=O)N1CCN(C(=O)CCCOc2ccc(Br)cc2Cl)CC1. The molecule has 0 saturated carbocycles. The summed E-state index contributed by atoms with van der Waals surface area (Å²) in [7, 11) is 0. The highest BCUT2D eigenvalue weighted by Gasteiger charge is 2.24. The van der Waals surface area contributed by atoms with E-state index in [1.165, 1.54) is 0 Å². The quantitative estimate of drug-likeness (QED) is 0.559. The molecule has 1 aliphatic rings. The third-order valence-electron chi connectivity index (χ3n) is 4.45. The number of alkyl carbamates (subject to hydrolysis) is 1. The number of nitrogens with one attached hydrogen (secondary N) is 1. The summed E-state index contributed by atoms with van der Waals surface area (Å²) in [5.74, 6) is 0.423. The maximum absolute atomic E-state index is 12.4. The van der Waals surface area contributed by atoms with Crippen LogP contribution in [-0.2, 0) is 14.3 Å². The minimum atomic E-state index is -0.624. The van der Waals surface area contributed by atoms with Crippen molar-refractivity contribution in [1.82, 2.24) is 15.1 Å². The van der Waals surface area contributed by atoms with Gasteiger partial charge in [0, 0.05) is 37.1 Å². The summed E-state index contributed by atoms with van der Waals surface area (Å²) in [5.41, 5.74) is -0.616. The molecule has 0 radical (unpaired) electrons. The molecule has 2 rings (SSSR count). The molecule has 10 heteroatoms. The van der Waals surface area contributed by atoms with Crippen LogP contribution in [0.4, 0.5) is 4.79 Å². The van der Waals surface area contributed by atoms with Gasteiger partial charge in [-0.2, -0.15) is 0 Å². The van der Waals surface area contributed by atoms with Crippen molar-refractivity contribution in [3.05, 3.63) is 27.7 Å². The van der Waals surface area contributed by atoms with Crippen molar-refractivity contribution in [3.63, 3.8) is 0 Å². The molecule has 1 aromatic carbocycles. The van der Waals surface area contributed by atoms with E-state index in [-0.39, 0.29) is 18.4 Å². The van der Waals surface area contributed by atoms with Gasteiger partial charge in [-0.15, -0.1) is 0 Å². The van der Waals surface area contributed by atoms with Gasteiger partial charge in [0.25, 0.3) is 0 Å². The molecule has 1 fully saturated rings. The molecule has 1 aromatic rings. The molecule has 0 spiro atoms. The summed E-state index contributed by atoms with van der Waals surface area (Å²) in [5, 5.41) is 2.98. The zero-order valence-electron chi connectivity index (χ0n) is 18.1. The Morgan fingerprint density at radius 2 is 1.71 bits per heavy atom. The first-order valence-corrected chi connectivity index (χ1v) is 11.3. The standard InChI is InChI=1S/C21H29BrClN3O5/c1-21(2,3)31-20(29)24-14-19(28)26-10-8-25(9-11-26)18(27)5-4-12-30-17-7-6-15(22)13-16(17)23/h6-7,13H,4-5,8-12,14H2,1-3H3,(H,24,29). The van der Waals surface area contributed by atoms with Gasteiger partial charge in [-0.1, -0.05) is 27.5 Å². The van der Waals surface area contributed by atoms with Crippen molar-refractivity contribution in [2.24, 2.45) is 0 Å². The zero-order valence-corrected chi connectivity index (χ0v) is 20.4. The Labute approximate surface area is 196 Å². The summed E-state index contributed by atoms with van der Waals surface area (Å²) >= 11 is 9.45. The van der Waals surface area contributed by atoms with Crippen LogP contribution in [0.1, 0.15) is 33.6 Å². The number of carbonyl (C=O) groups is 3. The third-order valence-corrected chi connectivity index (χ3v) is 5.24. The number of amides is 3. The van der Waals surface area contributed by atoms with Gasteiger partial charge >= 0.3 is 6.09 Å². The largest absolute Gasteiger partial charge is 0.492 e. The summed E-state index contributed by atoms with van der Waals surface area (Å²) < 4.78 is 11.6. The van der Waals surface area contributed by atoms with E-state index in [4.69, 9.17) is 21.1 Å². The predicted octanol–water partition coefficient (Wildman–Crippen LogP) is 3.46. The number of carbonyl (C=O) groups excluding carboxylic acids is 3. The number of hydrogen-bond donors (Lipinski definition) is 1. The van der Waals surface area contributed by atoms with E-state index in [0.717, 1.165) is 4.47 Å². The van der Waals surface area contributed by atoms with Crippen LogP contribution in [0.5, 0.6) is 5.75 Å². The fourth-order valence-electron chi connectivity index (χ4n) is 2.93. The van der Waals surface area contributed by atoms with Gasteiger partial charge in [-0.25, -0.2) is 4.79 Å². The number of benzene rings is 1. The second-order valence-corrected chi connectivity index (χ2v) is 9.47. The van der Waals surface area contributed by atoms with E-state index in [1.54, 1.807) is 42.7 Å². The van der Waals surface area contributed by atoms with Crippen molar-refractivity contribution in [2.75, 3.05) is 39.3 Å². The van der Waals surface area contributed by atoms with E-state index < -0.39 is 11.7 Å². The molecule has 1 N–H and O–H groups in total. The molecule has 0 aliphatic carbocycles. The molecule has 0 aromatic heterocycles. The van der Waals surface area contributed by atoms with E-state index in [1.807, 2.05) is 6.07 Å². The Kier molecular flexibility index (Phi) is 9.43. The smallest absolute Gasteiger partial charge is 0.408 e. The Hall–Kier alpha value is -2.00. The summed E-state index contributed by atoms with van der Waals surface area (Å²) in [6.45, 7) is 7.34. The molecule has 0 unspecified atom stereocenters. The number of piperazine rings is 1. The minimum Gasteiger partial charge on any atom is -0.492 e. The van der Waals surface area contributed by atoms with E-state index in [2.05, 4.69) is 21.2 Å². The van der Waals surface area contributed by atoms with Gasteiger partial charge in [-0.3, -0.25) is 9.59 Å². The summed E-state index contributed by atoms with van der Waals surface area (Å²) in [4.78, 5) is 39.7. The molecular formula is C21H29BrClN3O5. The van der Waals surface area contributed by atoms with Gasteiger partial charge in [0.15, 0.2) is 0 Å². The number of ether oxygens (including phenoxy) is 2. The normalized spacial score (nSPS) is 14.2. The first-order valence-electron chi connectivity index (χ1n) is 10.2. The topological polar surface area (TPSA) is 88.2 Å². The Morgan fingerprint density at radius 3 is 2.29 bits per heavy atom. The van der Waals surface area contributed by atoms with Gasteiger partial charge in [0.1, 0.15) is 17.9 Å². The number of halogens is 2.